The minimum absolute atomic E-state index is 0.0755. The molecule has 0 atom stereocenters. The lowest BCUT2D eigenvalue weighted by molar-refractivity contribution is 0.0490. The van der Waals surface area contributed by atoms with Gasteiger partial charge in [-0.05, 0) is 36.4 Å². The highest BCUT2D eigenvalue weighted by molar-refractivity contribution is 7.97. The molecule has 2 aromatic heterocycles. The van der Waals surface area contributed by atoms with Crippen molar-refractivity contribution in [2.24, 2.45) is 0 Å². The fourth-order valence-corrected chi connectivity index (χ4v) is 2.72. The molecule has 0 unspecified atom stereocenters. The highest BCUT2D eigenvalue weighted by atomic mass is 32.2. The summed E-state index contributed by atoms with van der Waals surface area (Å²) in [4.78, 5) is 23.5. The zero-order chi connectivity index (χ0) is 16.1. The Balaban J connectivity index is 1.73. The molecule has 0 saturated carbocycles. The van der Waals surface area contributed by atoms with Gasteiger partial charge in [0.25, 0.3) is 0 Å². The van der Waals surface area contributed by atoms with Crippen molar-refractivity contribution in [3.8, 4) is 0 Å². The van der Waals surface area contributed by atoms with Crippen LogP contribution in [0, 0.1) is 0 Å². The minimum atomic E-state index is -0.525. The molecule has 0 saturated heterocycles. The van der Waals surface area contributed by atoms with Crippen LogP contribution in [0.1, 0.15) is 32.6 Å². The maximum atomic E-state index is 11.8. The van der Waals surface area contributed by atoms with Crippen LogP contribution in [0.25, 0.3) is 0 Å². The lowest BCUT2D eigenvalue weighted by Crippen LogP contribution is -2.05. The molecule has 0 N–H and O–H groups in total. The van der Waals surface area contributed by atoms with E-state index in [1.807, 2.05) is 0 Å². The number of carbonyl (C=O) groups excluding carboxylic acids is 2. The largest absolute Gasteiger partial charge is 0.456 e. The van der Waals surface area contributed by atoms with E-state index in [1.54, 1.807) is 48.2 Å². The maximum Gasteiger partial charge on any atom is 0.374 e. The molecule has 0 aliphatic carbocycles. The third-order valence-electron chi connectivity index (χ3n) is 3.00. The SMILES string of the molecule is O=C1OC/C=C/COC(=O)c2ccc(o2)CSCc2ccc1o2. The number of hydrogen-bond donors (Lipinski definition) is 0. The van der Waals surface area contributed by atoms with Crippen LogP contribution in [0.3, 0.4) is 0 Å². The van der Waals surface area contributed by atoms with Crippen LogP contribution in [-0.4, -0.2) is 25.2 Å². The van der Waals surface area contributed by atoms with E-state index < -0.39 is 11.9 Å². The Labute approximate surface area is 136 Å². The smallest absolute Gasteiger partial charge is 0.374 e. The number of rotatable bonds is 0. The summed E-state index contributed by atoms with van der Waals surface area (Å²) < 4.78 is 21.0. The summed E-state index contributed by atoms with van der Waals surface area (Å²) >= 11 is 1.54. The Bertz CT molecular complexity index is 666. The molecule has 0 spiro atoms. The molecular weight excluding hydrogens is 320 g/mol. The molecular formula is C16H14O6S. The number of thioether (sulfide) groups is 1. The Morgan fingerprint density at radius 2 is 1.22 bits per heavy atom. The van der Waals surface area contributed by atoms with Gasteiger partial charge < -0.3 is 18.3 Å². The predicted octanol–water partition coefficient (Wildman–Crippen LogP) is 3.19. The second kappa shape index (κ2) is 7.23. The van der Waals surface area contributed by atoms with Gasteiger partial charge in [0.15, 0.2) is 0 Å². The molecule has 0 aromatic carbocycles. The molecule has 4 bridgehead atoms. The van der Waals surface area contributed by atoms with E-state index in [1.165, 1.54) is 0 Å². The molecule has 2 aromatic rings. The Morgan fingerprint density at radius 3 is 1.70 bits per heavy atom. The van der Waals surface area contributed by atoms with Gasteiger partial charge >= 0.3 is 11.9 Å². The Hall–Kier alpha value is -2.41. The van der Waals surface area contributed by atoms with Gasteiger partial charge in [0.2, 0.25) is 11.5 Å². The molecule has 3 heterocycles. The number of esters is 2. The Kier molecular flexibility index (Phi) is 4.87. The van der Waals surface area contributed by atoms with E-state index in [0.29, 0.717) is 23.0 Å². The topological polar surface area (TPSA) is 78.9 Å². The first-order chi connectivity index (χ1) is 11.2. The van der Waals surface area contributed by atoms with Crippen molar-refractivity contribution < 1.29 is 27.9 Å². The van der Waals surface area contributed by atoms with Gasteiger partial charge in [0, 0.05) is 0 Å². The second-order valence-electron chi connectivity index (χ2n) is 4.69. The molecule has 0 radical (unpaired) electrons. The standard InChI is InChI=1S/C16H14O6S/c17-15-13-5-3-11(21-13)9-23-10-12-4-6-14(22-12)16(18)20-8-2-1-7-19-15/h1-6H,7-10H2/b2-1+. The van der Waals surface area contributed by atoms with Crippen LogP contribution in [0.15, 0.2) is 45.3 Å². The fraction of sp³-hybridized carbons (Fsp3) is 0.250. The summed E-state index contributed by atoms with van der Waals surface area (Å²) in [5, 5.41) is 0. The zero-order valence-electron chi connectivity index (χ0n) is 12.2. The fourth-order valence-electron chi connectivity index (χ4n) is 1.91. The van der Waals surface area contributed by atoms with E-state index in [-0.39, 0.29) is 24.7 Å². The van der Waals surface area contributed by atoms with Crippen molar-refractivity contribution in [1.29, 1.82) is 0 Å². The third kappa shape index (κ3) is 4.07. The predicted molar refractivity (Wildman–Crippen MR) is 82.1 cm³/mol. The van der Waals surface area contributed by atoms with Crippen LogP contribution in [-0.2, 0) is 21.0 Å². The van der Waals surface area contributed by atoms with Crippen molar-refractivity contribution in [3.63, 3.8) is 0 Å². The molecule has 23 heavy (non-hydrogen) atoms. The second-order valence-corrected chi connectivity index (χ2v) is 5.68. The molecule has 120 valence electrons. The number of cyclic esters (lactones) is 2. The monoisotopic (exact) mass is 334 g/mol. The molecule has 1 aliphatic rings. The molecule has 0 amide bonds. The highest BCUT2D eigenvalue weighted by Gasteiger charge is 2.14. The van der Waals surface area contributed by atoms with Crippen molar-refractivity contribution in [1.82, 2.24) is 0 Å². The van der Waals surface area contributed by atoms with Gasteiger partial charge in [-0.3, -0.25) is 0 Å². The summed E-state index contributed by atoms with van der Waals surface area (Å²) in [7, 11) is 0. The first-order valence-corrected chi connectivity index (χ1v) is 8.12. The summed E-state index contributed by atoms with van der Waals surface area (Å²) in [6, 6.07) is 6.68. The van der Waals surface area contributed by atoms with E-state index >= 15 is 0 Å². The van der Waals surface area contributed by atoms with Gasteiger partial charge in [-0.1, -0.05) is 0 Å². The van der Waals surface area contributed by atoms with E-state index in [0.717, 1.165) is 0 Å². The number of ether oxygens (including phenoxy) is 2. The van der Waals surface area contributed by atoms with Gasteiger partial charge in [-0.15, -0.1) is 11.8 Å². The van der Waals surface area contributed by atoms with Crippen molar-refractivity contribution in [3.05, 3.63) is 59.5 Å². The van der Waals surface area contributed by atoms with Crippen molar-refractivity contribution >= 4 is 23.7 Å². The lowest BCUT2D eigenvalue weighted by Gasteiger charge is -1.99. The summed E-state index contributed by atoms with van der Waals surface area (Å²) in [6.45, 7) is 0.151. The molecule has 0 fully saturated rings. The van der Waals surface area contributed by atoms with Crippen LogP contribution >= 0.6 is 11.8 Å². The first-order valence-electron chi connectivity index (χ1n) is 6.97. The quantitative estimate of drug-likeness (QED) is 0.541. The summed E-state index contributed by atoms with van der Waals surface area (Å²) in [6.07, 6.45) is 3.19. The summed E-state index contributed by atoms with van der Waals surface area (Å²) in [5.41, 5.74) is 0. The van der Waals surface area contributed by atoms with Crippen LogP contribution in [0.2, 0.25) is 0 Å². The van der Waals surface area contributed by atoms with Crippen LogP contribution in [0.5, 0.6) is 0 Å². The normalized spacial score (nSPS) is 17.9. The number of carbonyl (C=O) groups is 2. The van der Waals surface area contributed by atoms with E-state index in [9.17, 15) is 9.59 Å². The molecule has 1 aliphatic heterocycles. The van der Waals surface area contributed by atoms with Crippen LogP contribution in [0.4, 0.5) is 0 Å². The maximum absolute atomic E-state index is 11.8. The number of hydrogen-bond acceptors (Lipinski definition) is 7. The van der Waals surface area contributed by atoms with E-state index in [4.69, 9.17) is 18.3 Å². The third-order valence-corrected chi connectivity index (χ3v) is 3.98. The van der Waals surface area contributed by atoms with Gasteiger partial charge in [-0.25, -0.2) is 9.59 Å². The molecule has 3 rings (SSSR count). The van der Waals surface area contributed by atoms with Gasteiger partial charge in [-0.2, -0.15) is 0 Å². The molecule has 7 heteroatoms. The van der Waals surface area contributed by atoms with Crippen molar-refractivity contribution in [2.75, 3.05) is 13.2 Å². The average molecular weight is 334 g/mol. The van der Waals surface area contributed by atoms with Crippen LogP contribution < -0.4 is 0 Å². The Morgan fingerprint density at radius 1 is 0.739 bits per heavy atom. The average Bonchev–Trinajstić information content (AvgIpc) is 3.19. The zero-order valence-corrected chi connectivity index (χ0v) is 13.0. The van der Waals surface area contributed by atoms with E-state index in [2.05, 4.69) is 0 Å². The highest BCUT2D eigenvalue weighted by Crippen LogP contribution is 2.21. The minimum Gasteiger partial charge on any atom is -0.456 e. The molecule has 6 nitrogen and oxygen atoms in total. The number of fused-ring (bicyclic) bond motifs is 4. The lowest BCUT2D eigenvalue weighted by atomic mass is 10.4. The summed E-state index contributed by atoms with van der Waals surface area (Å²) in [5.74, 6) is 1.79. The van der Waals surface area contributed by atoms with Gasteiger partial charge in [0.05, 0.1) is 11.5 Å². The van der Waals surface area contributed by atoms with Crippen molar-refractivity contribution in [2.45, 2.75) is 11.5 Å². The number of furan rings is 2. The van der Waals surface area contributed by atoms with Gasteiger partial charge in [0.1, 0.15) is 24.7 Å². The first kappa shape index (κ1) is 15.5.